The largest absolute Gasteiger partial charge is 0.495 e. The molecule has 2 atom stereocenters. The first kappa shape index (κ1) is 27.2. The Hall–Kier alpha value is -4.65. The molecule has 1 aliphatic heterocycles. The van der Waals surface area contributed by atoms with Crippen molar-refractivity contribution in [2.75, 3.05) is 24.4 Å². The maximum atomic E-state index is 14.8. The van der Waals surface area contributed by atoms with Crippen LogP contribution in [0.5, 0.6) is 11.5 Å². The van der Waals surface area contributed by atoms with E-state index in [0.717, 1.165) is 35.3 Å². The van der Waals surface area contributed by atoms with E-state index in [1.165, 1.54) is 12.8 Å². The first-order valence-electron chi connectivity index (χ1n) is 15.0. The van der Waals surface area contributed by atoms with Gasteiger partial charge in [0.25, 0.3) is 0 Å². The minimum absolute atomic E-state index is 0.0671. The van der Waals surface area contributed by atoms with Gasteiger partial charge in [-0.1, -0.05) is 49.2 Å². The third-order valence-corrected chi connectivity index (χ3v) is 9.45. The van der Waals surface area contributed by atoms with Gasteiger partial charge in [-0.15, -0.1) is 0 Å². The fraction of sp³-hybridized carbons (Fsp3) is 0.306. The summed E-state index contributed by atoms with van der Waals surface area (Å²) in [4.78, 5) is 35.9. The zero-order chi connectivity index (χ0) is 29.6. The molecule has 0 spiro atoms. The number of nitrogens with one attached hydrogen (secondary N) is 1. The van der Waals surface area contributed by atoms with E-state index in [1.807, 2.05) is 54.6 Å². The molecular formula is C36H35N3O4. The lowest BCUT2D eigenvalue weighted by Crippen LogP contribution is -2.43. The average Bonchev–Trinajstić information content (AvgIpc) is 3.75. The molecule has 0 bridgehead atoms. The molecule has 1 saturated carbocycles. The van der Waals surface area contributed by atoms with Gasteiger partial charge in [-0.25, -0.2) is 0 Å². The van der Waals surface area contributed by atoms with E-state index in [1.54, 1.807) is 37.7 Å². The summed E-state index contributed by atoms with van der Waals surface area (Å²) in [5, 5.41) is 3.73. The van der Waals surface area contributed by atoms with Gasteiger partial charge in [-0.3, -0.25) is 14.6 Å². The van der Waals surface area contributed by atoms with E-state index >= 15 is 0 Å². The summed E-state index contributed by atoms with van der Waals surface area (Å²) in [6.45, 7) is 0.370. The zero-order valence-electron chi connectivity index (χ0n) is 24.5. The molecule has 43 heavy (non-hydrogen) atoms. The Morgan fingerprint density at radius 2 is 1.65 bits per heavy atom. The van der Waals surface area contributed by atoms with Crippen LogP contribution in [0.15, 0.2) is 85.2 Å². The molecule has 2 aliphatic carbocycles. The van der Waals surface area contributed by atoms with Crippen LogP contribution < -0.4 is 19.7 Å². The molecule has 4 aromatic rings. The highest BCUT2D eigenvalue weighted by Gasteiger charge is 2.56. The van der Waals surface area contributed by atoms with E-state index < -0.39 is 5.41 Å². The standard InChI is InChI=1S/C36H35N3O4/c1-39-32-29(14-15-30(42-2)31(32)38-35(39)25-10-6-7-11-25)36(21-23-16-18-37-19-17-23)33(40)27-13-12-26(20-28(27)34(36)41)43-22-24-8-4-3-5-9-24/h3-5,8-9,12-20,25,35,38H,6-7,10-11,21-22H2,1-2H3. The molecule has 3 aromatic carbocycles. The lowest BCUT2D eigenvalue weighted by atomic mass is 9.70. The van der Waals surface area contributed by atoms with Crippen LogP contribution in [-0.2, 0) is 18.4 Å². The van der Waals surface area contributed by atoms with Crippen LogP contribution in [0.3, 0.4) is 0 Å². The van der Waals surface area contributed by atoms with Crippen LogP contribution >= 0.6 is 0 Å². The molecule has 3 aliphatic rings. The predicted molar refractivity (Wildman–Crippen MR) is 166 cm³/mol. The first-order chi connectivity index (χ1) is 21.0. The van der Waals surface area contributed by atoms with Gasteiger partial charge in [0, 0.05) is 30.6 Å². The van der Waals surface area contributed by atoms with Crippen LogP contribution in [0.2, 0.25) is 0 Å². The van der Waals surface area contributed by atoms with Gasteiger partial charge < -0.3 is 19.7 Å². The summed E-state index contributed by atoms with van der Waals surface area (Å²) in [7, 11) is 3.72. The number of ether oxygens (including phenoxy) is 2. The lowest BCUT2D eigenvalue weighted by Gasteiger charge is -2.33. The second-order valence-corrected chi connectivity index (χ2v) is 11.9. The number of Topliss-reactive ketones (excluding diaryl/α,β-unsaturated/α-hetero) is 2. The summed E-state index contributed by atoms with van der Waals surface area (Å²) >= 11 is 0. The molecule has 1 N–H and O–H groups in total. The van der Waals surface area contributed by atoms with Crippen LogP contribution in [0.25, 0.3) is 0 Å². The van der Waals surface area contributed by atoms with Crippen molar-refractivity contribution in [3.05, 3.63) is 113 Å². The molecule has 1 fully saturated rings. The predicted octanol–water partition coefficient (Wildman–Crippen LogP) is 6.61. The van der Waals surface area contributed by atoms with Crippen molar-refractivity contribution < 1.29 is 19.1 Å². The van der Waals surface area contributed by atoms with Crippen LogP contribution in [0.1, 0.15) is 63.1 Å². The number of hydrogen-bond acceptors (Lipinski definition) is 7. The van der Waals surface area contributed by atoms with Gasteiger partial charge in [0.05, 0.1) is 12.8 Å². The van der Waals surface area contributed by atoms with E-state index in [-0.39, 0.29) is 24.2 Å². The van der Waals surface area contributed by atoms with E-state index in [2.05, 4.69) is 22.2 Å². The highest BCUT2D eigenvalue weighted by molar-refractivity contribution is 6.34. The van der Waals surface area contributed by atoms with Gasteiger partial charge in [0.2, 0.25) is 0 Å². The summed E-state index contributed by atoms with van der Waals surface area (Å²) in [6, 6.07) is 22.7. The number of methoxy groups -OCH3 is 1. The van der Waals surface area contributed by atoms with Crippen molar-refractivity contribution >= 4 is 22.9 Å². The van der Waals surface area contributed by atoms with E-state index in [0.29, 0.717) is 40.7 Å². The van der Waals surface area contributed by atoms with Gasteiger partial charge in [-0.05, 0) is 78.3 Å². The Bertz CT molecular complexity index is 1680. The molecule has 2 heterocycles. The van der Waals surface area contributed by atoms with Crippen molar-refractivity contribution in [1.29, 1.82) is 0 Å². The van der Waals surface area contributed by atoms with Gasteiger partial charge >= 0.3 is 0 Å². The van der Waals surface area contributed by atoms with Crippen molar-refractivity contribution in [3.63, 3.8) is 0 Å². The number of anilines is 2. The maximum Gasteiger partial charge on any atom is 0.182 e. The molecule has 7 nitrogen and oxygen atoms in total. The summed E-state index contributed by atoms with van der Waals surface area (Å²) in [5.41, 5.74) is 3.69. The number of fused-ring (bicyclic) bond motifs is 2. The number of carbonyl (C=O) groups excluding carboxylic acids is 2. The average molecular weight is 574 g/mol. The van der Waals surface area contributed by atoms with Crippen molar-refractivity contribution in [2.24, 2.45) is 5.92 Å². The number of rotatable bonds is 8. The molecule has 218 valence electrons. The number of carbonyl (C=O) groups is 2. The molecule has 7 rings (SSSR count). The second-order valence-electron chi connectivity index (χ2n) is 11.9. The van der Waals surface area contributed by atoms with Gasteiger partial charge in [-0.2, -0.15) is 0 Å². The van der Waals surface area contributed by atoms with Gasteiger partial charge in [0.1, 0.15) is 35.4 Å². The van der Waals surface area contributed by atoms with E-state index in [4.69, 9.17) is 9.47 Å². The minimum Gasteiger partial charge on any atom is -0.495 e. The maximum absolute atomic E-state index is 14.8. The van der Waals surface area contributed by atoms with Crippen molar-refractivity contribution in [1.82, 2.24) is 4.98 Å². The van der Waals surface area contributed by atoms with Crippen LogP contribution in [-0.4, -0.2) is 36.9 Å². The Balaban J connectivity index is 1.34. The number of hydrogen-bond donors (Lipinski definition) is 1. The Labute approximate surface area is 251 Å². The second kappa shape index (κ2) is 10.9. The molecule has 0 radical (unpaired) electrons. The fourth-order valence-corrected chi connectivity index (χ4v) is 7.29. The van der Waals surface area contributed by atoms with Crippen molar-refractivity contribution in [2.45, 2.75) is 50.3 Å². The Kier molecular flexibility index (Phi) is 6.88. The number of benzene rings is 3. The molecule has 2 unspecified atom stereocenters. The number of aromatic nitrogens is 1. The third-order valence-electron chi connectivity index (χ3n) is 9.45. The number of ketones is 2. The summed E-state index contributed by atoms with van der Waals surface area (Å²) in [5.74, 6) is 1.34. The van der Waals surface area contributed by atoms with Crippen LogP contribution in [0, 0.1) is 5.92 Å². The fourth-order valence-electron chi connectivity index (χ4n) is 7.29. The van der Waals surface area contributed by atoms with E-state index in [9.17, 15) is 9.59 Å². The topological polar surface area (TPSA) is 80.8 Å². The molecule has 1 aromatic heterocycles. The Morgan fingerprint density at radius 1 is 0.907 bits per heavy atom. The molecule has 0 saturated heterocycles. The highest BCUT2D eigenvalue weighted by Crippen LogP contribution is 2.53. The lowest BCUT2D eigenvalue weighted by molar-refractivity contribution is 0.0793. The SMILES string of the molecule is COc1ccc(C2(Cc3ccncc3)C(=O)c3ccc(OCc4ccccc4)cc3C2=O)c2c1NC(C1CCCC1)N2C. The van der Waals surface area contributed by atoms with Crippen LogP contribution in [0.4, 0.5) is 11.4 Å². The van der Waals surface area contributed by atoms with Gasteiger partial charge in [0.15, 0.2) is 11.6 Å². The third kappa shape index (κ3) is 4.46. The molecular weight excluding hydrogens is 538 g/mol. The summed E-state index contributed by atoms with van der Waals surface area (Å²) in [6.07, 6.45) is 8.42. The van der Waals surface area contributed by atoms with Crippen molar-refractivity contribution in [3.8, 4) is 11.5 Å². The highest BCUT2D eigenvalue weighted by atomic mass is 16.5. The summed E-state index contributed by atoms with van der Waals surface area (Å²) < 4.78 is 11.9. The quantitative estimate of drug-likeness (QED) is 0.238. The normalized spacial score (nSPS) is 21.1. The zero-order valence-corrected chi connectivity index (χ0v) is 24.5. The monoisotopic (exact) mass is 573 g/mol. The minimum atomic E-state index is -1.45. The number of nitrogens with zero attached hydrogens (tertiary/aromatic N) is 2. The number of pyridine rings is 1. The molecule has 7 heteroatoms. The molecule has 0 amide bonds. The Morgan fingerprint density at radius 3 is 2.40 bits per heavy atom. The smallest absolute Gasteiger partial charge is 0.182 e. The first-order valence-corrected chi connectivity index (χ1v) is 15.0.